The van der Waals surface area contributed by atoms with Gasteiger partial charge in [0.15, 0.2) is 0 Å². The standard InChI is InChI=1S/C24H22BrF3N6O/c25-18-11-15-5-3-14(10-19(15)32-21(18)33-23(35)24(26,27)28)2-1-13-4-6-16(9-13)34-8-7-17-20(29)30-12-31-22(17)34/h3,5,7-8,10-13,16H,1-2,4,6,9H2,(H2,29,30,31)(H,32,33,35). The summed E-state index contributed by atoms with van der Waals surface area (Å²) in [6, 6.07) is 9.75. The number of pyridine rings is 1. The highest BCUT2D eigenvalue weighted by molar-refractivity contribution is 9.10. The van der Waals surface area contributed by atoms with Crippen LogP contribution in [0.5, 0.6) is 0 Å². The fraction of sp³-hybridized carbons (Fsp3) is 0.333. The number of hydrogen-bond donors (Lipinski definition) is 2. The van der Waals surface area contributed by atoms with E-state index in [4.69, 9.17) is 5.73 Å². The van der Waals surface area contributed by atoms with E-state index in [-0.39, 0.29) is 10.3 Å². The van der Waals surface area contributed by atoms with Gasteiger partial charge in [0.25, 0.3) is 0 Å². The summed E-state index contributed by atoms with van der Waals surface area (Å²) in [6.45, 7) is 0. The maximum atomic E-state index is 12.6. The number of nitrogens with two attached hydrogens (primary N) is 1. The third-order valence-corrected chi connectivity index (χ3v) is 7.22. The van der Waals surface area contributed by atoms with Gasteiger partial charge in [-0.15, -0.1) is 0 Å². The van der Waals surface area contributed by atoms with Crippen molar-refractivity contribution in [3.8, 4) is 0 Å². The van der Waals surface area contributed by atoms with E-state index in [1.54, 1.807) is 6.07 Å². The molecular formula is C24H22BrF3N6O. The molecular weight excluding hydrogens is 525 g/mol. The van der Waals surface area contributed by atoms with Crippen LogP contribution in [-0.2, 0) is 11.2 Å². The lowest BCUT2D eigenvalue weighted by atomic mass is 9.97. The van der Waals surface area contributed by atoms with Crippen molar-refractivity contribution >= 4 is 55.4 Å². The number of fused-ring (bicyclic) bond motifs is 2. The number of nitrogens with one attached hydrogen (secondary N) is 1. The van der Waals surface area contributed by atoms with Gasteiger partial charge in [0, 0.05) is 17.6 Å². The highest BCUT2D eigenvalue weighted by Crippen LogP contribution is 2.39. The van der Waals surface area contributed by atoms with E-state index in [0.717, 1.165) is 54.1 Å². The number of alkyl halides is 3. The molecule has 3 aromatic heterocycles. The number of nitrogen functional groups attached to an aromatic ring is 1. The molecule has 1 saturated carbocycles. The van der Waals surface area contributed by atoms with Gasteiger partial charge in [0.2, 0.25) is 0 Å². The molecule has 3 heterocycles. The number of benzene rings is 1. The van der Waals surface area contributed by atoms with Gasteiger partial charge in [0.05, 0.1) is 15.4 Å². The summed E-state index contributed by atoms with van der Waals surface area (Å²) in [4.78, 5) is 24.0. The van der Waals surface area contributed by atoms with Crippen LogP contribution in [0.3, 0.4) is 0 Å². The van der Waals surface area contributed by atoms with Crippen molar-refractivity contribution in [2.24, 2.45) is 5.92 Å². The summed E-state index contributed by atoms with van der Waals surface area (Å²) in [5, 5.41) is 3.47. The molecule has 0 bridgehead atoms. The molecule has 3 N–H and O–H groups in total. The second kappa shape index (κ2) is 9.10. The van der Waals surface area contributed by atoms with Crippen LogP contribution in [0.1, 0.15) is 37.3 Å². The molecule has 11 heteroatoms. The molecule has 5 rings (SSSR count). The average molecular weight is 547 g/mol. The van der Waals surface area contributed by atoms with Crippen molar-refractivity contribution in [2.45, 2.75) is 44.3 Å². The van der Waals surface area contributed by atoms with E-state index < -0.39 is 12.1 Å². The molecule has 1 amide bonds. The zero-order valence-corrected chi connectivity index (χ0v) is 20.1. The van der Waals surface area contributed by atoms with E-state index in [1.807, 2.05) is 35.8 Å². The highest BCUT2D eigenvalue weighted by Gasteiger charge is 2.39. The van der Waals surface area contributed by atoms with E-state index in [2.05, 4.69) is 35.4 Å². The van der Waals surface area contributed by atoms with Gasteiger partial charge in [-0.3, -0.25) is 4.79 Å². The first-order valence-corrected chi connectivity index (χ1v) is 12.0. The van der Waals surface area contributed by atoms with Crippen LogP contribution < -0.4 is 11.1 Å². The minimum absolute atomic E-state index is 0.154. The Hall–Kier alpha value is -3.21. The lowest BCUT2D eigenvalue weighted by Crippen LogP contribution is -2.30. The van der Waals surface area contributed by atoms with Crippen molar-refractivity contribution in [2.75, 3.05) is 11.1 Å². The van der Waals surface area contributed by atoms with E-state index in [9.17, 15) is 18.0 Å². The molecule has 0 radical (unpaired) electrons. The van der Waals surface area contributed by atoms with Gasteiger partial charge >= 0.3 is 12.1 Å². The number of carbonyl (C=O) groups is 1. The summed E-state index contributed by atoms with van der Waals surface area (Å²) in [5.41, 5.74) is 8.41. The molecule has 182 valence electrons. The van der Waals surface area contributed by atoms with Crippen molar-refractivity contribution in [3.05, 3.63) is 52.9 Å². The van der Waals surface area contributed by atoms with Crippen molar-refractivity contribution in [3.63, 3.8) is 0 Å². The minimum atomic E-state index is -4.98. The minimum Gasteiger partial charge on any atom is -0.383 e. The molecule has 4 aromatic rings. The first kappa shape index (κ1) is 23.5. The Morgan fingerprint density at radius 3 is 2.83 bits per heavy atom. The lowest BCUT2D eigenvalue weighted by Gasteiger charge is -2.15. The molecule has 1 fully saturated rings. The van der Waals surface area contributed by atoms with Crippen LogP contribution in [-0.4, -0.2) is 31.6 Å². The van der Waals surface area contributed by atoms with Crippen LogP contribution in [0.15, 0.2) is 47.3 Å². The predicted molar refractivity (Wildman–Crippen MR) is 131 cm³/mol. The Morgan fingerprint density at radius 2 is 2.03 bits per heavy atom. The highest BCUT2D eigenvalue weighted by atomic mass is 79.9. The number of nitrogens with zero attached hydrogens (tertiary/aromatic N) is 4. The summed E-state index contributed by atoms with van der Waals surface area (Å²) < 4.78 is 40.4. The fourth-order valence-electron chi connectivity index (χ4n) is 4.83. The van der Waals surface area contributed by atoms with E-state index >= 15 is 0 Å². The second-order valence-electron chi connectivity index (χ2n) is 8.89. The average Bonchev–Trinajstić information content (AvgIpc) is 3.45. The first-order chi connectivity index (χ1) is 16.7. The Morgan fingerprint density at radius 1 is 1.20 bits per heavy atom. The molecule has 35 heavy (non-hydrogen) atoms. The molecule has 1 aliphatic rings. The van der Waals surface area contributed by atoms with Gasteiger partial charge in [-0.25, -0.2) is 15.0 Å². The first-order valence-electron chi connectivity index (χ1n) is 11.2. The predicted octanol–water partition coefficient (Wildman–Crippen LogP) is 5.80. The smallest absolute Gasteiger partial charge is 0.383 e. The molecule has 2 atom stereocenters. The maximum absolute atomic E-state index is 12.6. The van der Waals surface area contributed by atoms with Crippen LogP contribution >= 0.6 is 15.9 Å². The number of anilines is 2. The molecule has 0 spiro atoms. The Kier molecular flexibility index (Phi) is 6.12. The third kappa shape index (κ3) is 4.82. The van der Waals surface area contributed by atoms with Crippen LogP contribution in [0.2, 0.25) is 0 Å². The summed E-state index contributed by atoms with van der Waals surface area (Å²) in [7, 11) is 0. The van der Waals surface area contributed by atoms with Crippen molar-refractivity contribution in [1.29, 1.82) is 0 Å². The molecule has 0 saturated heterocycles. The zero-order valence-electron chi connectivity index (χ0n) is 18.5. The van der Waals surface area contributed by atoms with E-state index in [1.165, 1.54) is 6.33 Å². The van der Waals surface area contributed by atoms with Crippen LogP contribution in [0.25, 0.3) is 21.9 Å². The molecule has 1 aromatic carbocycles. The largest absolute Gasteiger partial charge is 0.471 e. The van der Waals surface area contributed by atoms with Gasteiger partial charge in [0.1, 0.15) is 23.6 Å². The fourth-order valence-corrected chi connectivity index (χ4v) is 5.26. The van der Waals surface area contributed by atoms with Crippen molar-refractivity contribution < 1.29 is 18.0 Å². The Bertz CT molecular complexity index is 1420. The summed E-state index contributed by atoms with van der Waals surface area (Å²) >= 11 is 3.19. The summed E-state index contributed by atoms with van der Waals surface area (Å²) in [5.74, 6) is -1.17. The maximum Gasteiger partial charge on any atom is 0.471 e. The quantitative estimate of drug-likeness (QED) is 0.329. The van der Waals surface area contributed by atoms with Crippen LogP contribution in [0.4, 0.5) is 24.8 Å². The monoisotopic (exact) mass is 546 g/mol. The number of rotatable bonds is 5. The Balaban J connectivity index is 1.26. The summed E-state index contributed by atoms with van der Waals surface area (Å²) in [6.07, 6.45) is 3.58. The number of amides is 1. The van der Waals surface area contributed by atoms with Gasteiger partial charge in [-0.2, -0.15) is 13.2 Å². The van der Waals surface area contributed by atoms with Crippen molar-refractivity contribution in [1.82, 2.24) is 19.5 Å². The van der Waals surface area contributed by atoms with Gasteiger partial charge in [-0.05, 0) is 77.7 Å². The zero-order chi connectivity index (χ0) is 24.7. The van der Waals surface area contributed by atoms with Gasteiger partial charge in [-0.1, -0.05) is 12.1 Å². The molecule has 1 aliphatic carbocycles. The number of aromatic nitrogens is 4. The van der Waals surface area contributed by atoms with Crippen LogP contribution in [0, 0.1) is 5.92 Å². The molecule has 2 unspecified atom stereocenters. The number of carbonyl (C=O) groups excluding carboxylic acids is 1. The Labute approximate surface area is 207 Å². The topological polar surface area (TPSA) is 98.7 Å². The normalized spacial score (nSPS) is 18.4. The van der Waals surface area contributed by atoms with E-state index in [0.29, 0.717) is 23.3 Å². The number of halogens is 4. The molecule has 7 nitrogen and oxygen atoms in total. The lowest BCUT2D eigenvalue weighted by molar-refractivity contribution is -0.167. The second-order valence-corrected chi connectivity index (χ2v) is 9.74. The van der Waals surface area contributed by atoms with Gasteiger partial charge < -0.3 is 15.6 Å². The SMILES string of the molecule is Nc1ncnc2c1ccn2C1CCC(CCc2ccc3cc(Br)c(NC(=O)C(F)(F)F)nc3c2)C1. The number of aryl methyl sites for hydroxylation is 1. The third-order valence-electron chi connectivity index (χ3n) is 6.61. The number of hydrogen-bond acceptors (Lipinski definition) is 5. The molecule has 0 aliphatic heterocycles.